The Kier molecular flexibility index (Phi) is 6.80. The van der Waals surface area contributed by atoms with Gasteiger partial charge in [0.1, 0.15) is 0 Å². The third-order valence-electron chi connectivity index (χ3n) is 2.14. The maximum atomic E-state index is 10.9. The van der Waals surface area contributed by atoms with Crippen LogP contribution < -0.4 is 5.73 Å². The van der Waals surface area contributed by atoms with Crippen LogP contribution in [0.2, 0.25) is 0 Å². The summed E-state index contributed by atoms with van der Waals surface area (Å²) in [5.41, 5.74) is 4.47. The smallest absolute Gasteiger partial charge is 0.308 e. The first-order valence-electron chi connectivity index (χ1n) is 4.91. The van der Waals surface area contributed by atoms with Gasteiger partial charge in [-0.2, -0.15) is 0 Å². The van der Waals surface area contributed by atoms with Crippen LogP contribution in [-0.4, -0.2) is 19.0 Å². The van der Waals surface area contributed by atoms with Gasteiger partial charge in [-0.15, -0.1) is 0 Å². The van der Waals surface area contributed by atoms with Gasteiger partial charge in [0.15, 0.2) is 0 Å². The molecule has 0 aliphatic heterocycles. The highest BCUT2D eigenvalue weighted by Crippen LogP contribution is 2.24. The van der Waals surface area contributed by atoms with Crippen LogP contribution in [0.25, 0.3) is 0 Å². The Morgan fingerprint density at radius 2 is 1.64 bits per heavy atom. The highest BCUT2D eigenvalue weighted by Gasteiger charge is 2.20. The zero-order chi connectivity index (χ0) is 11.0. The third-order valence-corrected chi connectivity index (χ3v) is 2.14. The lowest BCUT2D eigenvalue weighted by Crippen LogP contribution is -2.18. The number of esters is 1. The molecule has 0 aromatic heterocycles. The second-order valence-corrected chi connectivity index (χ2v) is 3.47. The number of hydrogen-bond acceptors (Lipinski definition) is 3. The molecule has 0 atom stereocenters. The third kappa shape index (κ3) is 6.46. The van der Waals surface area contributed by atoms with Crippen molar-refractivity contribution >= 4 is 11.9 Å². The maximum absolute atomic E-state index is 10.9. The van der Waals surface area contributed by atoms with Crippen LogP contribution in [0.5, 0.6) is 0 Å². The van der Waals surface area contributed by atoms with Crippen molar-refractivity contribution in [2.75, 3.05) is 7.11 Å². The van der Waals surface area contributed by atoms with Gasteiger partial charge in [-0.1, -0.05) is 19.3 Å². The molecule has 1 saturated carbocycles. The molecule has 0 heterocycles. The largest absolute Gasteiger partial charge is 0.469 e. The summed E-state index contributed by atoms with van der Waals surface area (Å²) in [6.07, 6.45) is 5.74. The zero-order valence-electron chi connectivity index (χ0n) is 8.91. The van der Waals surface area contributed by atoms with Crippen molar-refractivity contribution < 1.29 is 14.3 Å². The Balaban J connectivity index is 0.000000364. The molecule has 82 valence electrons. The molecule has 0 unspecified atom stereocenters. The molecule has 14 heavy (non-hydrogen) atoms. The van der Waals surface area contributed by atoms with E-state index < -0.39 is 0 Å². The number of nitrogens with two attached hydrogens (primary N) is 1. The molecular formula is C10H19NO3. The van der Waals surface area contributed by atoms with Crippen LogP contribution in [0.1, 0.15) is 39.0 Å². The quantitative estimate of drug-likeness (QED) is 0.649. The van der Waals surface area contributed by atoms with Crippen molar-refractivity contribution in [3.8, 4) is 0 Å². The minimum atomic E-state index is -0.333. The van der Waals surface area contributed by atoms with Gasteiger partial charge >= 0.3 is 5.97 Å². The standard InChI is InChI=1S/C8H14O2.C2H5NO/c1-10-8(9)7-5-3-2-4-6-7;1-2(3)4/h7H,2-6H2,1H3;1H3,(H2,3,4). The van der Waals surface area contributed by atoms with Crippen molar-refractivity contribution in [1.82, 2.24) is 0 Å². The van der Waals surface area contributed by atoms with Gasteiger partial charge in [0.2, 0.25) is 5.91 Å². The average molecular weight is 201 g/mol. The van der Waals surface area contributed by atoms with Gasteiger partial charge < -0.3 is 10.5 Å². The summed E-state index contributed by atoms with van der Waals surface area (Å²) in [4.78, 5) is 20.2. The van der Waals surface area contributed by atoms with E-state index in [0.29, 0.717) is 0 Å². The van der Waals surface area contributed by atoms with Gasteiger partial charge in [0.25, 0.3) is 0 Å². The topological polar surface area (TPSA) is 69.4 Å². The van der Waals surface area contributed by atoms with Gasteiger partial charge in [0.05, 0.1) is 13.0 Å². The van der Waals surface area contributed by atoms with Crippen LogP contribution in [-0.2, 0) is 14.3 Å². The molecule has 1 amide bonds. The first-order valence-corrected chi connectivity index (χ1v) is 4.91. The van der Waals surface area contributed by atoms with E-state index in [1.165, 1.54) is 33.3 Å². The van der Waals surface area contributed by atoms with E-state index in [-0.39, 0.29) is 17.8 Å². The van der Waals surface area contributed by atoms with E-state index in [0.717, 1.165) is 12.8 Å². The fourth-order valence-corrected chi connectivity index (χ4v) is 1.50. The molecule has 0 aromatic rings. The van der Waals surface area contributed by atoms with Crippen molar-refractivity contribution in [1.29, 1.82) is 0 Å². The summed E-state index contributed by atoms with van der Waals surface area (Å²) in [7, 11) is 1.47. The zero-order valence-corrected chi connectivity index (χ0v) is 8.91. The Morgan fingerprint density at radius 3 is 2.00 bits per heavy atom. The number of rotatable bonds is 1. The van der Waals surface area contributed by atoms with Crippen LogP contribution in [0.4, 0.5) is 0 Å². The lowest BCUT2D eigenvalue weighted by atomic mass is 9.89. The Morgan fingerprint density at radius 1 is 1.21 bits per heavy atom. The lowest BCUT2D eigenvalue weighted by molar-refractivity contribution is -0.146. The van der Waals surface area contributed by atoms with Crippen molar-refractivity contribution in [2.45, 2.75) is 39.0 Å². The predicted molar refractivity (Wildman–Crippen MR) is 53.5 cm³/mol. The number of methoxy groups -OCH3 is 1. The molecule has 4 heteroatoms. The maximum Gasteiger partial charge on any atom is 0.308 e. The van der Waals surface area contributed by atoms with E-state index in [1.54, 1.807) is 0 Å². The minimum absolute atomic E-state index is 0.0142. The molecular weight excluding hydrogens is 182 g/mol. The molecule has 0 saturated heterocycles. The van der Waals surface area contributed by atoms with Crippen LogP contribution in [0.3, 0.4) is 0 Å². The van der Waals surface area contributed by atoms with Gasteiger partial charge in [-0.25, -0.2) is 0 Å². The van der Waals surface area contributed by atoms with Gasteiger partial charge in [0, 0.05) is 6.92 Å². The van der Waals surface area contributed by atoms with Crippen LogP contribution >= 0.6 is 0 Å². The molecule has 1 fully saturated rings. The molecule has 1 rings (SSSR count). The highest BCUT2D eigenvalue weighted by molar-refractivity contribution is 5.72. The molecule has 1 aliphatic carbocycles. The number of primary amides is 1. The van der Waals surface area contributed by atoms with Gasteiger partial charge in [-0.3, -0.25) is 9.59 Å². The Bertz CT molecular complexity index is 182. The van der Waals surface area contributed by atoms with E-state index in [1.807, 2.05) is 0 Å². The normalized spacial score (nSPS) is 16.4. The number of carbonyl (C=O) groups is 2. The van der Waals surface area contributed by atoms with Crippen LogP contribution in [0, 0.1) is 5.92 Å². The molecule has 0 aromatic carbocycles. The Hall–Kier alpha value is -1.06. The summed E-state index contributed by atoms with van der Waals surface area (Å²) in [6.45, 7) is 1.31. The second-order valence-electron chi connectivity index (χ2n) is 3.47. The number of ether oxygens (including phenoxy) is 1. The summed E-state index contributed by atoms with van der Waals surface area (Å²) in [5, 5.41) is 0. The van der Waals surface area contributed by atoms with Gasteiger partial charge in [-0.05, 0) is 12.8 Å². The van der Waals surface area contributed by atoms with E-state index in [2.05, 4.69) is 10.5 Å². The number of carbonyl (C=O) groups excluding carboxylic acids is 2. The molecule has 1 aliphatic rings. The molecule has 0 spiro atoms. The molecule has 0 radical (unpaired) electrons. The fourth-order valence-electron chi connectivity index (χ4n) is 1.50. The predicted octanol–water partition coefficient (Wildman–Crippen LogP) is 1.23. The van der Waals surface area contributed by atoms with Crippen molar-refractivity contribution in [3.63, 3.8) is 0 Å². The summed E-state index contributed by atoms with van der Waals surface area (Å²) >= 11 is 0. The average Bonchev–Trinajstić information content (AvgIpc) is 2.17. The lowest BCUT2D eigenvalue weighted by Gasteiger charge is -2.18. The van der Waals surface area contributed by atoms with Crippen molar-refractivity contribution in [2.24, 2.45) is 11.7 Å². The molecule has 4 nitrogen and oxygen atoms in total. The van der Waals surface area contributed by atoms with E-state index >= 15 is 0 Å². The molecule has 0 bridgehead atoms. The summed E-state index contributed by atoms with van der Waals surface area (Å²) in [5.74, 6) is -0.140. The molecule has 2 N–H and O–H groups in total. The highest BCUT2D eigenvalue weighted by atomic mass is 16.5. The monoisotopic (exact) mass is 201 g/mol. The summed E-state index contributed by atoms with van der Waals surface area (Å²) in [6, 6.07) is 0. The SMILES string of the molecule is CC(N)=O.COC(=O)C1CCCCC1. The second kappa shape index (κ2) is 7.35. The van der Waals surface area contributed by atoms with Crippen molar-refractivity contribution in [3.05, 3.63) is 0 Å². The Labute approximate surface area is 84.8 Å². The first kappa shape index (κ1) is 12.9. The van der Waals surface area contributed by atoms with E-state index in [9.17, 15) is 9.59 Å². The fraction of sp³-hybridized carbons (Fsp3) is 0.800. The first-order chi connectivity index (χ1) is 6.57. The minimum Gasteiger partial charge on any atom is -0.469 e. The van der Waals surface area contributed by atoms with E-state index in [4.69, 9.17) is 0 Å². The van der Waals surface area contributed by atoms with Crippen LogP contribution in [0.15, 0.2) is 0 Å². The summed E-state index contributed by atoms with van der Waals surface area (Å²) < 4.78 is 4.65. The number of amides is 1. The number of hydrogen-bond donors (Lipinski definition) is 1.